The number of carbonyl (C=O) groups excluding carboxylic acids is 1. The highest BCUT2D eigenvalue weighted by Crippen LogP contribution is 2.29. The van der Waals surface area contributed by atoms with Crippen LogP contribution in [0.5, 0.6) is 5.75 Å². The fourth-order valence-electron chi connectivity index (χ4n) is 3.67. The van der Waals surface area contributed by atoms with Crippen molar-refractivity contribution in [2.45, 2.75) is 24.7 Å². The van der Waals surface area contributed by atoms with Crippen LogP contribution in [0.15, 0.2) is 58.8 Å². The molecule has 1 amide bonds. The number of benzene rings is 2. The number of carbonyl (C=O) groups is 1. The van der Waals surface area contributed by atoms with Crippen molar-refractivity contribution in [1.29, 1.82) is 0 Å². The summed E-state index contributed by atoms with van der Waals surface area (Å²) in [5, 5.41) is 5.24. The van der Waals surface area contributed by atoms with Crippen molar-refractivity contribution in [3.63, 3.8) is 0 Å². The molecule has 0 aliphatic carbocycles. The molecule has 1 aliphatic heterocycles. The summed E-state index contributed by atoms with van der Waals surface area (Å²) < 4.78 is 45.4. The predicted molar refractivity (Wildman–Crippen MR) is 125 cm³/mol. The number of thiazole rings is 1. The molecule has 0 unspecified atom stereocenters. The summed E-state index contributed by atoms with van der Waals surface area (Å²) in [4.78, 5) is 17.3. The van der Waals surface area contributed by atoms with Crippen molar-refractivity contribution in [2.75, 3.05) is 25.0 Å². The first kappa shape index (κ1) is 23.3. The van der Waals surface area contributed by atoms with E-state index < -0.39 is 15.8 Å². The highest BCUT2D eigenvalue weighted by molar-refractivity contribution is 7.89. The third-order valence-corrected chi connectivity index (χ3v) is 8.14. The van der Waals surface area contributed by atoms with Crippen LogP contribution < -0.4 is 10.1 Å². The van der Waals surface area contributed by atoms with E-state index in [2.05, 4.69) is 10.3 Å². The lowest BCUT2D eigenvalue weighted by Crippen LogP contribution is -2.41. The van der Waals surface area contributed by atoms with Crippen LogP contribution in [0, 0.1) is 11.7 Å². The number of aromatic nitrogens is 1. The Bertz CT molecular complexity index is 1200. The highest BCUT2D eigenvalue weighted by atomic mass is 32.2. The zero-order valence-corrected chi connectivity index (χ0v) is 19.7. The van der Waals surface area contributed by atoms with Gasteiger partial charge in [-0.3, -0.25) is 4.79 Å². The number of rotatable bonds is 7. The maximum absolute atomic E-state index is 13.1. The molecule has 1 aliphatic rings. The number of nitrogens with one attached hydrogen (secondary N) is 1. The first-order valence-electron chi connectivity index (χ1n) is 10.6. The van der Waals surface area contributed by atoms with Gasteiger partial charge in [0.05, 0.1) is 17.2 Å². The smallest absolute Gasteiger partial charge is 0.243 e. The van der Waals surface area contributed by atoms with Gasteiger partial charge >= 0.3 is 0 Å². The van der Waals surface area contributed by atoms with E-state index in [1.54, 1.807) is 0 Å². The second-order valence-electron chi connectivity index (χ2n) is 7.62. The lowest BCUT2D eigenvalue weighted by molar-refractivity contribution is -0.120. The van der Waals surface area contributed by atoms with Gasteiger partial charge in [0.1, 0.15) is 11.6 Å². The van der Waals surface area contributed by atoms with Crippen LogP contribution in [-0.4, -0.2) is 43.3 Å². The van der Waals surface area contributed by atoms with Crippen molar-refractivity contribution in [3.8, 4) is 17.0 Å². The molecule has 1 N–H and O–H groups in total. The summed E-state index contributed by atoms with van der Waals surface area (Å²) in [7, 11) is -3.71. The van der Waals surface area contributed by atoms with E-state index >= 15 is 0 Å². The molecular weight excluding hydrogens is 465 g/mol. The predicted octanol–water partition coefficient (Wildman–Crippen LogP) is 4.39. The zero-order chi connectivity index (χ0) is 23.4. The number of sulfonamides is 1. The molecule has 0 radical (unpaired) electrons. The Morgan fingerprint density at radius 1 is 1.15 bits per heavy atom. The molecular formula is C23H24FN3O4S2. The maximum Gasteiger partial charge on any atom is 0.243 e. The average molecular weight is 490 g/mol. The topological polar surface area (TPSA) is 88.6 Å². The number of piperidine rings is 1. The molecule has 0 saturated carbocycles. The zero-order valence-electron chi connectivity index (χ0n) is 18.0. The standard InChI is InChI=1S/C23H24FN3O4S2/c1-2-31-19-7-3-16(4-8-19)21-15-32-23(25-21)26-22(28)17-11-13-27(14-12-17)33(29,30)20-9-5-18(24)6-10-20/h3-10,15,17H,2,11-14H2,1H3,(H,25,26,28). The van der Waals surface area contributed by atoms with E-state index in [-0.39, 0.29) is 29.8 Å². The molecule has 1 saturated heterocycles. The first-order chi connectivity index (χ1) is 15.9. The Morgan fingerprint density at radius 2 is 1.82 bits per heavy atom. The lowest BCUT2D eigenvalue weighted by Gasteiger charge is -2.30. The Morgan fingerprint density at radius 3 is 2.45 bits per heavy atom. The Kier molecular flexibility index (Phi) is 7.06. The van der Waals surface area contributed by atoms with Gasteiger partial charge < -0.3 is 10.1 Å². The molecule has 33 heavy (non-hydrogen) atoms. The highest BCUT2D eigenvalue weighted by Gasteiger charge is 2.32. The van der Waals surface area contributed by atoms with Gasteiger partial charge in [-0.2, -0.15) is 4.31 Å². The molecule has 0 spiro atoms. The first-order valence-corrected chi connectivity index (χ1v) is 12.9. The molecule has 2 heterocycles. The van der Waals surface area contributed by atoms with Crippen molar-refractivity contribution in [2.24, 2.45) is 5.92 Å². The number of hydrogen-bond donors (Lipinski definition) is 1. The van der Waals surface area contributed by atoms with Gasteiger partial charge in [0.15, 0.2) is 5.13 Å². The van der Waals surface area contributed by atoms with Crippen LogP contribution in [0.2, 0.25) is 0 Å². The van der Waals surface area contributed by atoms with E-state index in [4.69, 9.17) is 4.74 Å². The van der Waals surface area contributed by atoms with Gasteiger partial charge in [-0.1, -0.05) is 0 Å². The Balaban J connectivity index is 1.34. The summed E-state index contributed by atoms with van der Waals surface area (Å²) in [6, 6.07) is 12.4. The third kappa shape index (κ3) is 5.40. The van der Waals surface area contributed by atoms with Gasteiger partial charge in [-0.05, 0) is 68.3 Å². The van der Waals surface area contributed by atoms with Gasteiger partial charge in [-0.25, -0.2) is 17.8 Å². The number of ether oxygens (including phenoxy) is 1. The Labute approximate surface area is 196 Å². The quantitative estimate of drug-likeness (QED) is 0.532. The van der Waals surface area contributed by atoms with Gasteiger partial charge in [-0.15, -0.1) is 11.3 Å². The molecule has 7 nitrogen and oxygen atoms in total. The van der Waals surface area contributed by atoms with Crippen LogP contribution in [-0.2, 0) is 14.8 Å². The van der Waals surface area contributed by atoms with Crippen LogP contribution in [0.4, 0.5) is 9.52 Å². The van der Waals surface area contributed by atoms with E-state index in [1.165, 1.54) is 27.8 Å². The largest absolute Gasteiger partial charge is 0.494 e. The fourth-order valence-corrected chi connectivity index (χ4v) is 5.87. The second-order valence-corrected chi connectivity index (χ2v) is 10.4. The minimum Gasteiger partial charge on any atom is -0.494 e. The molecule has 10 heteroatoms. The number of nitrogens with zero attached hydrogens (tertiary/aromatic N) is 2. The van der Waals surface area contributed by atoms with Crippen molar-refractivity contribution < 1.29 is 22.3 Å². The molecule has 4 rings (SSSR count). The van der Waals surface area contributed by atoms with Crippen LogP contribution in [0.3, 0.4) is 0 Å². The van der Waals surface area contributed by atoms with Gasteiger partial charge in [0, 0.05) is 30.0 Å². The molecule has 174 valence electrons. The summed E-state index contributed by atoms with van der Waals surface area (Å²) in [6.45, 7) is 2.99. The number of hydrogen-bond acceptors (Lipinski definition) is 6. The second kappa shape index (κ2) is 9.98. The van der Waals surface area contributed by atoms with Crippen molar-refractivity contribution in [1.82, 2.24) is 9.29 Å². The van der Waals surface area contributed by atoms with E-state index in [1.807, 2.05) is 36.6 Å². The van der Waals surface area contributed by atoms with Crippen LogP contribution in [0.1, 0.15) is 19.8 Å². The summed E-state index contributed by atoms with van der Waals surface area (Å²) in [5.74, 6) is -0.168. The minimum absolute atomic E-state index is 0.0522. The monoisotopic (exact) mass is 489 g/mol. The lowest BCUT2D eigenvalue weighted by atomic mass is 9.97. The summed E-state index contributed by atoms with van der Waals surface area (Å²) in [5.41, 5.74) is 1.69. The maximum atomic E-state index is 13.1. The summed E-state index contributed by atoms with van der Waals surface area (Å²) in [6.07, 6.45) is 0.812. The van der Waals surface area contributed by atoms with Crippen molar-refractivity contribution >= 4 is 32.4 Å². The number of halogens is 1. The van der Waals surface area contributed by atoms with Crippen LogP contribution >= 0.6 is 11.3 Å². The van der Waals surface area contributed by atoms with E-state index in [0.29, 0.717) is 24.6 Å². The van der Waals surface area contributed by atoms with Gasteiger partial charge in [0.2, 0.25) is 15.9 Å². The molecule has 0 bridgehead atoms. The average Bonchev–Trinajstić information content (AvgIpc) is 3.28. The fraction of sp³-hybridized carbons (Fsp3) is 0.304. The van der Waals surface area contributed by atoms with E-state index in [9.17, 15) is 17.6 Å². The van der Waals surface area contributed by atoms with Gasteiger partial charge in [0.25, 0.3) is 0 Å². The molecule has 1 aromatic heterocycles. The molecule has 2 aromatic carbocycles. The number of anilines is 1. The SMILES string of the molecule is CCOc1ccc(-c2csc(NC(=O)C3CCN(S(=O)(=O)c4ccc(F)cc4)CC3)n2)cc1. The molecule has 3 aromatic rings. The molecule has 1 fully saturated rings. The summed E-state index contributed by atoms with van der Waals surface area (Å²) >= 11 is 1.34. The third-order valence-electron chi connectivity index (χ3n) is 5.47. The molecule has 0 atom stereocenters. The normalized spacial score (nSPS) is 15.3. The number of amides is 1. The van der Waals surface area contributed by atoms with E-state index in [0.717, 1.165) is 29.1 Å². The van der Waals surface area contributed by atoms with Crippen LogP contribution in [0.25, 0.3) is 11.3 Å². The van der Waals surface area contributed by atoms with Crippen molar-refractivity contribution in [3.05, 3.63) is 59.7 Å². The Hall–Kier alpha value is -2.82. The minimum atomic E-state index is -3.71.